The first-order chi connectivity index (χ1) is 14.8. The lowest BCUT2D eigenvalue weighted by Crippen LogP contribution is -2.11. The lowest BCUT2D eigenvalue weighted by atomic mass is 10.2. The molecular formula is C22H15BrN4O2S. The molecule has 0 saturated heterocycles. The molecule has 0 unspecified atom stereocenters. The van der Waals surface area contributed by atoms with Gasteiger partial charge in [-0.05, 0) is 48.0 Å². The van der Waals surface area contributed by atoms with Crippen LogP contribution in [0.1, 0.15) is 5.56 Å². The van der Waals surface area contributed by atoms with E-state index < -0.39 is 0 Å². The van der Waals surface area contributed by atoms with Crippen molar-refractivity contribution in [3.63, 3.8) is 0 Å². The van der Waals surface area contributed by atoms with Gasteiger partial charge in [-0.1, -0.05) is 28.1 Å². The Bertz CT molecular complexity index is 1280. The van der Waals surface area contributed by atoms with Crippen molar-refractivity contribution in [2.75, 3.05) is 6.79 Å². The molecule has 0 spiro atoms. The Hall–Kier alpha value is -3.23. The number of rotatable bonds is 4. The molecule has 8 heteroatoms. The van der Waals surface area contributed by atoms with E-state index in [4.69, 9.17) is 19.6 Å². The highest BCUT2D eigenvalue weighted by molar-refractivity contribution is 9.10. The number of halogens is 1. The molecule has 30 heavy (non-hydrogen) atoms. The summed E-state index contributed by atoms with van der Waals surface area (Å²) in [4.78, 5) is 9.62. The van der Waals surface area contributed by atoms with Gasteiger partial charge in [-0.25, -0.2) is 9.67 Å². The van der Waals surface area contributed by atoms with Gasteiger partial charge in [0.05, 0.1) is 23.8 Å². The minimum atomic E-state index is 0.247. The van der Waals surface area contributed by atoms with Crippen LogP contribution in [-0.4, -0.2) is 22.7 Å². The standard InChI is InChI=1S/C22H15BrN4O2S/c23-17-6-4-16(5-7-17)19-13-30-22(26-18-2-1-9-24-12-18)27(19)25-11-15-3-8-20-21(10-15)29-14-28-20/h1-13H,14H2. The van der Waals surface area contributed by atoms with Crippen molar-refractivity contribution < 1.29 is 9.47 Å². The molecule has 0 saturated carbocycles. The molecule has 0 N–H and O–H groups in total. The van der Waals surface area contributed by atoms with Crippen LogP contribution < -0.4 is 14.3 Å². The second-order valence-corrected chi connectivity index (χ2v) is 8.15. The number of nitrogens with zero attached hydrogens (tertiary/aromatic N) is 4. The smallest absolute Gasteiger partial charge is 0.231 e. The third kappa shape index (κ3) is 3.92. The number of hydrogen-bond acceptors (Lipinski definition) is 6. The van der Waals surface area contributed by atoms with Gasteiger partial charge in [0.15, 0.2) is 11.5 Å². The zero-order valence-electron chi connectivity index (χ0n) is 15.6. The topological polar surface area (TPSA) is 61.0 Å². The van der Waals surface area contributed by atoms with E-state index in [1.54, 1.807) is 18.6 Å². The van der Waals surface area contributed by atoms with Crippen molar-refractivity contribution in [3.05, 3.63) is 87.2 Å². The normalized spacial score (nSPS) is 13.3. The number of fused-ring (bicyclic) bond motifs is 1. The number of ether oxygens (including phenoxy) is 2. The van der Waals surface area contributed by atoms with Gasteiger partial charge in [-0.2, -0.15) is 5.10 Å². The Labute approximate surface area is 184 Å². The molecule has 5 rings (SSSR count). The predicted octanol–water partition coefficient (Wildman–Crippen LogP) is 5.22. The van der Waals surface area contributed by atoms with E-state index in [0.29, 0.717) is 0 Å². The molecule has 2 aromatic heterocycles. The van der Waals surface area contributed by atoms with Crippen LogP contribution in [0.4, 0.5) is 5.69 Å². The molecule has 6 nitrogen and oxygen atoms in total. The van der Waals surface area contributed by atoms with Gasteiger partial charge in [-0.15, -0.1) is 11.3 Å². The number of aromatic nitrogens is 2. The quantitative estimate of drug-likeness (QED) is 0.378. The van der Waals surface area contributed by atoms with Gasteiger partial charge in [0.1, 0.15) is 0 Å². The van der Waals surface area contributed by atoms with Gasteiger partial charge in [-0.3, -0.25) is 4.98 Å². The third-order valence-electron chi connectivity index (χ3n) is 4.41. The summed E-state index contributed by atoms with van der Waals surface area (Å²) in [5, 5.41) is 6.79. The minimum absolute atomic E-state index is 0.247. The van der Waals surface area contributed by atoms with Crippen LogP contribution in [0, 0.1) is 0 Å². The molecule has 3 heterocycles. The highest BCUT2D eigenvalue weighted by Crippen LogP contribution is 2.32. The molecule has 4 aromatic rings. The summed E-state index contributed by atoms with van der Waals surface area (Å²) in [7, 11) is 0. The lowest BCUT2D eigenvalue weighted by Gasteiger charge is -2.04. The van der Waals surface area contributed by atoms with Crippen LogP contribution >= 0.6 is 27.3 Å². The van der Waals surface area contributed by atoms with Crippen LogP contribution in [0.25, 0.3) is 11.3 Å². The van der Waals surface area contributed by atoms with Gasteiger partial charge >= 0.3 is 0 Å². The Morgan fingerprint density at radius 1 is 1.07 bits per heavy atom. The Morgan fingerprint density at radius 3 is 2.77 bits per heavy atom. The Kier molecular flexibility index (Phi) is 5.17. The van der Waals surface area contributed by atoms with Crippen LogP contribution in [0.3, 0.4) is 0 Å². The summed E-state index contributed by atoms with van der Waals surface area (Å²) in [6.45, 7) is 0.247. The van der Waals surface area contributed by atoms with E-state index in [1.807, 2.05) is 59.3 Å². The van der Waals surface area contributed by atoms with E-state index in [2.05, 4.69) is 26.3 Å². The van der Waals surface area contributed by atoms with E-state index in [9.17, 15) is 0 Å². The van der Waals surface area contributed by atoms with Crippen LogP contribution in [0.5, 0.6) is 11.5 Å². The first kappa shape index (κ1) is 18.8. The van der Waals surface area contributed by atoms with Gasteiger partial charge in [0, 0.05) is 21.6 Å². The molecule has 148 valence electrons. The minimum Gasteiger partial charge on any atom is -0.454 e. The van der Waals surface area contributed by atoms with Crippen LogP contribution in [0.2, 0.25) is 0 Å². The predicted molar refractivity (Wildman–Crippen MR) is 120 cm³/mol. The fraction of sp³-hybridized carbons (Fsp3) is 0.0455. The van der Waals surface area contributed by atoms with E-state index in [1.165, 1.54) is 11.3 Å². The second kappa shape index (κ2) is 8.25. The lowest BCUT2D eigenvalue weighted by molar-refractivity contribution is 0.174. The summed E-state index contributed by atoms with van der Waals surface area (Å²) in [5.41, 5.74) is 3.68. The summed E-state index contributed by atoms with van der Waals surface area (Å²) >= 11 is 5.01. The van der Waals surface area contributed by atoms with Gasteiger partial charge < -0.3 is 9.47 Å². The average Bonchev–Trinajstić information content (AvgIpc) is 3.40. The summed E-state index contributed by atoms with van der Waals surface area (Å²) in [5.74, 6) is 1.47. The summed E-state index contributed by atoms with van der Waals surface area (Å²) in [6, 6.07) is 17.6. The SMILES string of the molecule is Brc1ccc(-c2csc(=Nc3cccnc3)n2N=Cc2ccc3c(c2)OCO3)cc1. The van der Waals surface area contributed by atoms with Crippen molar-refractivity contribution >= 4 is 39.2 Å². The zero-order valence-corrected chi connectivity index (χ0v) is 18.0. The Balaban J connectivity index is 1.59. The first-order valence-corrected chi connectivity index (χ1v) is 10.8. The molecule has 0 bridgehead atoms. The van der Waals surface area contributed by atoms with Crippen molar-refractivity contribution in [1.29, 1.82) is 0 Å². The fourth-order valence-corrected chi connectivity index (χ4v) is 4.08. The van der Waals surface area contributed by atoms with Crippen molar-refractivity contribution in [2.24, 2.45) is 10.1 Å². The maximum Gasteiger partial charge on any atom is 0.231 e. The average molecular weight is 479 g/mol. The Morgan fingerprint density at radius 2 is 1.93 bits per heavy atom. The van der Waals surface area contributed by atoms with E-state index in [0.717, 1.165) is 43.3 Å². The number of thiazole rings is 1. The molecular weight excluding hydrogens is 464 g/mol. The summed E-state index contributed by atoms with van der Waals surface area (Å²) < 4.78 is 13.7. The summed E-state index contributed by atoms with van der Waals surface area (Å²) in [6.07, 6.45) is 5.25. The highest BCUT2D eigenvalue weighted by atomic mass is 79.9. The maximum atomic E-state index is 5.46. The van der Waals surface area contributed by atoms with Crippen LogP contribution in [-0.2, 0) is 0 Å². The number of hydrogen-bond donors (Lipinski definition) is 0. The molecule has 0 aliphatic carbocycles. The number of pyridine rings is 1. The van der Waals surface area contributed by atoms with Crippen molar-refractivity contribution in [3.8, 4) is 22.8 Å². The van der Waals surface area contributed by atoms with Crippen LogP contribution in [0.15, 0.2) is 86.9 Å². The molecule has 1 aliphatic rings. The third-order valence-corrected chi connectivity index (χ3v) is 5.76. The molecule has 0 radical (unpaired) electrons. The zero-order chi connectivity index (χ0) is 20.3. The van der Waals surface area contributed by atoms with Gasteiger partial charge in [0.25, 0.3) is 0 Å². The second-order valence-electron chi connectivity index (χ2n) is 6.40. The maximum absolute atomic E-state index is 5.46. The number of benzene rings is 2. The van der Waals surface area contributed by atoms with Gasteiger partial charge in [0.2, 0.25) is 11.6 Å². The van der Waals surface area contributed by atoms with Crippen molar-refractivity contribution in [1.82, 2.24) is 9.66 Å². The molecule has 0 atom stereocenters. The molecule has 2 aromatic carbocycles. The monoisotopic (exact) mass is 478 g/mol. The molecule has 1 aliphatic heterocycles. The fourth-order valence-electron chi connectivity index (χ4n) is 2.96. The molecule has 0 amide bonds. The van der Waals surface area contributed by atoms with Crippen molar-refractivity contribution in [2.45, 2.75) is 0 Å². The largest absolute Gasteiger partial charge is 0.454 e. The highest BCUT2D eigenvalue weighted by Gasteiger charge is 2.13. The molecule has 0 fully saturated rings. The van der Waals surface area contributed by atoms with E-state index >= 15 is 0 Å². The first-order valence-electron chi connectivity index (χ1n) is 9.11. The van der Waals surface area contributed by atoms with E-state index in [-0.39, 0.29) is 6.79 Å².